The van der Waals surface area contributed by atoms with E-state index in [4.69, 9.17) is 21.1 Å². The van der Waals surface area contributed by atoms with Gasteiger partial charge < -0.3 is 25.4 Å². The zero-order valence-corrected chi connectivity index (χ0v) is 25.5. The summed E-state index contributed by atoms with van der Waals surface area (Å²) in [6.07, 6.45) is 0.569. The zero-order valence-electron chi connectivity index (χ0n) is 24.8. The van der Waals surface area contributed by atoms with E-state index >= 15 is 0 Å². The Morgan fingerprint density at radius 2 is 1.45 bits per heavy atom. The number of ether oxygens (including phenoxy) is 2. The number of esters is 1. The summed E-state index contributed by atoms with van der Waals surface area (Å²) in [6.45, 7) is 9.65. The molecule has 0 aromatic heterocycles. The molecular formula is C33H40ClN3O5. The molecule has 42 heavy (non-hydrogen) atoms. The number of halogens is 1. The monoisotopic (exact) mass is 593 g/mol. The van der Waals surface area contributed by atoms with Gasteiger partial charge in [-0.25, -0.2) is 9.59 Å². The van der Waals surface area contributed by atoms with E-state index in [2.05, 4.69) is 16.0 Å². The summed E-state index contributed by atoms with van der Waals surface area (Å²) in [6, 6.07) is 21.5. The lowest BCUT2D eigenvalue weighted by molar-refractivity contribution is -0.158. The molecule has 8 nitrogen and oxygen atoms in total. The second-order valence-corrected chi connectivity index (χ2v) is 11.9. The molecule has 2 unspecified atom stereocenters. The largest absolute Gasteiger partial charge is 0.489 e. The summed E-state index contributed by atoms with van der Waals surface area (Å²) in [7, 11) is 0. The highest BCUT2D eigenvalue weighted by molar-refractivity contribution is 6.30. The fraction of sp³-hybridized carbons (Fsp3) is 0.364. The smallest absolute Gasteiger partial charge is 0.329 e. The highest BCUT2D eigenvalue weighted by Gasteiger charge is 2.30. The minimum absolute atomic E-state index is 0.0972. The fourth-order valence-electron chi connectivity index (χ4n) is 4.10. The molecule has 0 saturated heterocycles. The first-order valence-electron chi connectivity index (χ1n) is 14.0. The van der Waals surface area contributed by atoms with Crippen LogP contribution in [0.4, 0.5) is 10.5 Å². The van der Waals surface area contributed by atoms with E-state index < -0.39 is 35.6 Å². The molecule has 2 atom stereocenters. The van der Waals surface area contributed by atoms with E-state index in [1.54, 1.807) is 45.0 Å². The average Bonchev–Trinajstić information content (AvgIpc) is 2.92. The maximum Gasteiger partial charge on any atom is 0.329 e. The van der Waals surface area contributed by atoms with E-state index in [9.17, 15) is 14.4 Å². The van der Waals surface area contributed by atoms with Crippen LogP contribution in [-0.2, 0) is 27.4 Å². The molecular weight excluding hydrogens is 554 g/mol. The van der Waals surface area contributed by atoms with Crippen LogP contribution in [0.5, 0.6) is 5.75 Å². The number of rotatable bonds is 12. The third-order valence-corrected chi connectivity index (χ3v) is 6.30. The van der Waals surface area contributed by atoms with E-state index in [1.807, 2.05) is 68.4 Å². The Hall–Kier alpha value is -4.04. The second kappa shape index (κ2) is 15.3. The number of urea groups is 1. The highest BCUT2D eigenvalue weighted by Crippen LogP contribution is 2.18. The van der Waals surface area contributed by atoms with Crippen molar-refractivity contribution in [2.24, 2.45) is 5.92 Å². The molecule has 0 heterocycles. The van der Waals surface area contributed by atoms with Crippen molar-refractivity contribution >= 4 is 35.2 Å². The molecule has 0 radical (unpaired) electrons. The maximum absolute atomic E-state index is 13.5. The lowest BCUT2D eigenvalue weighted by atomic mass is 10.0. The van der Waals surface area contributed by atoms with Crippen LogP contribution in [0.2, 0.25) is 5.02 Å². The Morgan fingerprint density at radius 1 is 0.810 bits per heavy atom. The van der Waals surface area contributed by atoms with Crippen molar-refractivity contribution in [1.29, 1.82) is 0 Å². The Bertz CT molecular complexity index is 1310. The van der Waals surface area contributed by atoms with Gasteiger partial charge >= 0.3 is 12.0 Å². The molecule has 3 rings (SSSR count). The van der Waals surface area contributed by atoms with Crippen molar-refractivity contribution in [3.05, 3.63) is 95.0 Å². The minimum atomic E-state index is -0.969. The summed E-state index contributed by atoms with van der Waals surface area (Å²) in [5.74, 6) is -0.254. The summed E-state index contributed by atoms with van der Waals surface area (Å²) in [5, 5.41) is 8.82. The molecule has 0 spiro atoms. The molecule has 224 valence electrons. The first-order valence-corrected chi connectivity index (χ1v) is 14.4. The highest BCUT2D eigenvalue weighted by atomic mass is 35.5. The normalized spacial score (nSPS) is 12.6. The van der Waals surface area contributed by atoms with Crippen LogP contribution < -0.4 is 20.7 Å². The topological polar surface area (TPSA) is 106 Å². The van der Waals surface area contributed by atoms with Gasteiger partial charge in [0.05, 0.1) is 0 Å². The van der Waals surface area contributed by atoms with Crippen molar-refractivity contribution < 1.29 is 23.9 Å². The van der Waals surface area contributed by atoms with E-state index in [0.717, 1.165) is 11.1 Å². The van der Waals surface area contributed by atoms with Crippen molar-refractivity contribution in [2.75, 3.05) is 5.32 Å². The van der Waals surface area contributed by atoms with Gasteiger partial charge in [-0.3, -0.25) is 4.79 Å². The third kappa shape index (κ3) is 11.4. The van der Waals surface area contributed by atoms with Gasteiger partial charge in [0.15, 0.2) is 0 Å². The molecule has 3 aromatic carbocycles. The van der Waals surface area contributed by atoms with Crippen LogP contribution >= 0.6 is 11.6 Å². The number of carbonyl (C=O) groups excluding carboxylic acids is 3. The van der Waals surface area contributed by atoms with Gasteiger partial charge in [0.25, 0.3) is 0 Å². The molecule has 0 aliphatic carbocycles. The number of nitrogens with one attached hydrogen (secondary N) is 3. The Morgan fingerprint density at radius 3 is 2.05 bits per heavy atom. The number of hydrogen-bond donors (Lipinski definition) is 3. The summed E-state index contributed by atoms with van der Waals surface area (Å²) in [5.41, 5.74) is 1.65. The lowest BCUT2D eigenvalue weighted by Gasteiger charge is -2.27. The molecule has 3 amide bonds. The first-order chi connectivity index (χ1) is 19.9. The van der Waals surface area contributed by atoms with Gasteiger partial charge in [-0.15, -0.1) is 0 Å². The molecule has 0 aliphatic heterocycles. The number of hydrogen-bond acceptors (Lipinski definition) is 5. The van der Waals surface area contributed by atoms with Gasteiger partial charge in [-0.2, -0.15) is 0 Å². The van der Waals surface area contributed by atoms with E-state index in [-0.39, 0.29) is 12.3 Å². The Kier molecular flexibility index (Phi) is 11.8. The molecule has 9 heteroatoms. The molecule has 0 saturated carbocycles. The van der Waals surface area contributed by atoms with Crippen molar-refractivity contribution in [3.63, 3.8) is 0 Å². The van der Waals surface area contributed by atoms with Crippen molar-refractivity contribution in [3.8, 4) is 5.75 Å². The molecule has 3 N–H and O–H groups in total. The van der Waals surface area contributed by atoms with Gasteiger partial charge in [-0.05, 0) is 80.6 Å². The predicted molar refractivity (Wildman–Crippen MR) is 166 cm³/mol. The number of anilines is 1. The number of carbonyl (C=O) groups is 3. The second-order valence-electron chi connectivity index (χ2n) is 11.5. The zero-order chi connectivity index (χ0) is 30.7. The quantitative estimate of drug-likeness (QED) is 0.207. The minimum Gasteiger partial charge on any atom is -0.489 e. The summed E-state index contributed by atoms with van der Waals surface area (Å²) < 4.78 is 11.5. The Labute approximate surface area is 253 Å². The van der Waals surface area contributed by atoms with Crippen LogP contribution in [0.3, 0.4) is 0 Å². The van der Waals surface area contributed by atoms with Crippen LogP contribution in [0, 0.1) is 5.92 Å². The standard InChI is InChI=1S/C33H40ClN3O5/c1-22(2)19-28(37-32(40)35-26-15-13-25(34)14-16-26)30(38)36-29(31(39)42-33(3,4)5)20-23-11-17-27(18-12-23)41-21-24-9-7-6-8-10-24/h6-18,22,28-29H,19-21H2,1-5H3,(H,36,38)(H2,35,37,40). The van der Waals surface area contributed by atoms with Crippen molar-refractivity contribution in [2.45, 2.75) is 71.8 Å². The summed E-state index contributed by atoms with van der Waals surface area (Å²) >= 11 is 5.92. The van der Waals surface area contributed by atoms with Crippen LogP contribution in [0.1, 0.15) is 52.2 Å². The van der Waals surface area contributed by atoms with Crippen LogP contribution in [0.25, 0.3) is 0 Å². The van der Waals surface area contributed by atoms with Gasteiger partial charge in [0.1, 0.15) is 30.0 Å². The number of benzene rings is 3. The van der Waals surface area contributed by atoms with Crippen molar-refractivity contribution in [1.82, 2.24) is 10.6 Å². The SMILES string of the molecule is CC(C)CC(NC(=O)Nc1ccc(Cl)cc1)C(=O)NC(Cc1ccc(OCc2ccccc2)cc1)C(=O)OC(C)(C)C. The van der Waals surface area contributed by atoms with Gasteiger partial charge in [-0.1, -0.05) is 67.9 Å². The molecule has 0 bridgehead atoms. The fourth-order valence-corrected chi connectivity index (χ4v) is 4.22. The van der Waals surface area contributed by atoms with Gasteiger partial charge in [0.2, 0.25) is 5.91 Å². The van der Waals surface area contributed by atoms with Crippen LogP contribution in [0.15, 0.2) is 78.9 Å². The van der Waals surface area contributed by atoms with E-state index in [1.165, 1.54) is 0 Å². The Balaban J connectivity index is 1.70. The molecule has 0 aliphatic rings. The number of amides is 3. The average molecular weight is 594 g/mol. The van der Waals surface area contributed by atoms with Gasteiger partial charge in [0, 0.05) is 17.1 Å². The lowest BCUT2D eigenvalue weighted by Crippen LogP contribution is -2.54. The maximum atomic E-state index is 13.5. The molecule has 0 fully saturated rings. The van der Waals surface area contributed by atoms with Crippen LogP contribution in [-0.4, -0.2) is 35.6 Å². The summed E-state index contributed by atoms with van der Waals surface area (Å²) in [4.78, 5) is 39.4. The third-order valence-electron chi connectivity index (χ3n) is 6.05. The predicted octanol–water partition coefficient (Wildman–Crippen LogP) is 6.52. The first kappa shape index (κ1) is 32.5. The van der Waals surface area contributed by atoms with E-state index in [0.29, 0.717) is 29.5 Å². The molecule has 3 aromatic rings.